The first-order chi connectivity index (χ1) is 19.8. The number of hydrogen-bond acceptors (Lipinski definition) is 5. The fourth-order valence-electron chi connectivity index (χ4n) is 6.47. The fraction of sp³-hybridized carbons (Fsp3) is 0.581. The van der Waals surface area contributed by atoms with Crippen molar-refractivity contribution in [1.29, 1.82) is 0 Å². The molecule has 1 aromatic heterocycles. The maximum Gasteiger partial charge on any atom is 0.318 e. The number of nitrogens with one attached hydrogen (secondary N) is 1. The SMILES string of the molecule is CN(C)[C@@H]1CCC[C@@H]1Oc1cccnc1C1CCN(C(=O)[C@@H](Cc2ccc(Cl)cc2Cl)NC(=O)N2CCCC2)CC1. The molecule has 0 spiro atoms. The molecule has 1 aromatic carbocycles. The Labute approximate surface area is 253 Å². The summed E-state index contributed by atoms with van der Waals surface area (Å²) in [6, 6.07) is 8.73. The number of aromatic nitrogens is 1. The molecule has 5 rings (SSSR count). The number of halogens is 2. The van der Waals surface area contributed by atoms with Crippen molar-refractivity contribution in [2.75, 3.05) is 40.3 Å². The molecule has 10 heteroatoms. The molecule has 1 saturated carbocycles. The number of benzene rings is 1. The molecule has 2 aliphatic heterocycles. The molecule has 0 radical (unpaired) electrons. The van der Waals surface area contributed by atoms with Crippen molar-refractivity contribution < 1.29 is 14.3 Å². The minimum Gasteiger partial charge on any atom is -0.487 e. The number of rotatable bonds is 8. The van der Waals surface area contributed by atoms with Gasteiger partial charge in [-0.25, -0.2) is 4.79 Å². The Morgan fingerprint density at radius 1 is 1.02 bits per heavy atom. The molecule has 3 aliphatic rings. The van der Waals surface area contributed by atoms with Gasteiger partial charge in [-0.1, -0.05) is 29.3 Å². The summed E-state index contributed by atoms with van der Waals surface area (Å²) >= 11 is 12.6. The number of ether oxygens (including phenoxy) is 1. The predicted octanol–water partition coefficient (Wildman–Crippen LogP) is 5.37. The van der Waals surface area contributed by atoms with Gasteiger partial charge in [0.2, 0.25) is 5.91 Å². The van der Waals surface area contributed by atoms with Crippen LogP contribution in [0.4, 0.5) is 4.79 Å². The molecule has 8 nitrogen and oxygen atoms in total. The van der Waals surface area contributed by atoms with Crippen LogP contribution in [0, 0.1) is 0 Å². The number of hydrogen-bond donors (Lipinski definition) is 1. The van der Waals surface area contributed by atoms with Crippen LogP contribution in [0.25, 0.3) is 0 Å². The van der Waals surface area contributed by atoms with Gasteiger partial charge in [-0.15, -0.1) is 0 Å². The van der Waals surface area contributed by atoms with E-state index in [0.29, 0.717) is 48.7 Å². The van der Waals surface area contributed by atoms with Crippen LogP contribution in [-0.4, -0.2) is 90.1 Å². The van der Waals surface area contributed by atoms with Crippen molar-refractivity contribution >= 4 is 35.1 Å². The van der Waals surface area contributed by atoms with Crippen molar-refractivity contribution in [3.05, 3.63) is 57.8 Å². The molecule has 1 N–H and O–H groups in total. The van der Waals surface area contributed by atoms with Crippen molar-refractivity contribution in [1.82, 2.24) is 25.0 Å². The summed E-state index contributed by atoms with van der Waals surface area (Å²) in [5, 5.41) is 4.05. The number of likely N-dealkylation sites (tertiary alicyclic amines) is 2. The van der Waals surface area contributed by atoms with E-state index >= 15 is 0 Å². The number of pyridine rings is 1. The second-order valence-electron chi connectivity index (χ2n) is 11.7. The monoisotopic (exact) mass is 601 g/mol. The molecule has 2 aromatic rings. The van der Waals surface area contributed by atoms with Crippen molar-refractivity contribution in [2.45, 2.75) is 75.5 Å². The van der Waals surface area contributed by atoms with Gasteiger partial charge < -0.3 is 24.8 Å². The number of piperidine rings is 1. The van der Waals surface area contributed by atoms with E-state index in [1.54, 1.807) is 17.0 Å². The van der Waals surface area contributed by atoms with E-state index in [2.05, 4.69) is 24.3 Å². The first-order valence-corrected chi connectivity index (χ1v) is 15.6. The summed E-state index contributed by atoms with van der Waals surface area (Å²) in [5.41, 5.74) is 1.76. The molecule has 222 valence electrons. The van der Waals surface area contributed by atoms with E-state index in [1.807, 2.05) is 29.3 Å². The lowest BCUT2D eigenvalue weighted by atomic mass is 9.91. The molecule has 2 saturated heterocycles. The van der Waals surface area contributed by atoms with Gasteiger partial charge in [0.25, 0.3) is 0 Å². The first kappa shape index (κ1) is 29.9. The van der Waals surface area contributed by atoms with Crippen LogP contribution in [0.2, 0.25) is 10.0 Å². The average Bonchev–Trinajstić information content (AvgIpc) is 3.67. The van der Waals surface area contributed by atoms with Crippen LogP contribution in [-0.2, 0) is 11.2 Å². The Bertz CT molecular complexity index is 1210. The highest BCUT2D eigenvalue weighted by Crippen LogP contribution is 2.36. The highest BCUT2D eigenvalue weighted by Gasteiger charge is 2.35. The maximum atomic E-state index is 13.8. The number of amides is 3. The number of likely N-dealkylation sites (N-methyl/N-ethyl adjacent to an activating group) is 1. The summed E-state index contributed by atoms with van der Waals surface area (Å²) in [6.07, 6.45) is 9.20. The second-order valence-corrected chi connectivity index (χ2v) is 12.6. The van der Waals surface area contributed by atoms with Gasteiger partial charge in [0.05, 0.1) is 5.69 Å². The number of carbonyl (C=O) groups is 2. The lowest BCUT2D eigenvalue weighted by Crippen LogP contribution is -2.54. The zero-order chi connectivity index (χ0) is 28.9. The van der Waals surface area contributed by atoms with Gasteiger partial charge >= 0.3 is 6.03 Å². The Hall–Kier alpha value is -2.55. The summed E-state index contributed by atoms with van der Waals surface area (Å²) in [4.78, 5) is 37.5. The van der Waals surface area contributed by atoms with E-state index < -0.39 is 6.04 Å². The minimum absolute atomic E-state index is 0.0840. The lowest BCUT2D eigenvalue weighted by Gasteiger charge is -2.35. The van der Waals surface area contributed by atoms with Crippen LogP contribution in [0.1, 0.15) is 62.1 Å². The van der Waals surface area contributed by atoms with Gasteiger partial charge in [0.15, 0.2) is 0 Å². The van der Waals surface area contributed by atoms with E-state index in [0.717, 1.165) is 55.5 Å². The van der Waals surface area contributed by atoms with E-state index in [1.165, 1.54) is 6.42 Å². The second kappa shape index (κ2) is 13.6. The predicted molar refractivity (Wildman–Crippen MR) is 162 cm³/mol. The third-order valence-corrected chi connectivity index (χ3v) is 9.37. The Balaban J connectivity index is 1.26. The number of nitrogens with zero attached hydrogens (tertiary/aromatic N) is 4. The highest BCUT2D eigenvalue weighted by molar-refractivity contribution is 6.35. The molecule has 1 aliphatic carbocycles. The first-order valence-electron chi connectivity index (χ1n) is 14.9. The fourth-order valence-corrected chi connectivity index (χ4v) is 6.95. The summed E-state index contributed by atoms with van der Waals surface area (Å²) in [7, 11) is 4.23. The van der Waals surface area contributed by atoms with E-state index in [-0.39, 0.29) is 24.0 Å². The Morgan fingerprint density at radius 2 is 1.78 bits per heavy atom. The van der Waals surface area contributed by atoms with Crippen LogP contribution in [0.15, 0.2) is 36.5 Å². The van der Waals surface area contributed by atoms with Crippen LogP contribution in [0.3, 0.4) is 0 Å². The van der Waals surface area contributed by atoms with E-state index in [9.17, 15) is 9.59 Å². The van der Waals surface area contributed by atoms with Gasteiger partial charge in [-0.2, -0.15) is 0 Å². The molecule has 41 heavy (non-hydrogen) atoms. The largest absolute Gasteiger partial charge is 0.487 e. The van der Waals surface area contributed by atoms with Crippen LogP contribution >= 0.6 is 23.2 Å². The van der Waals surface area contributed by atoms with Gasteiger partial charge in [0, 0.05) is 60.8 Å². The normalized spacial score (nSPS) is 22.3. The third-order valence-electron chi connectivity index (χ3n) is 8.78. The Kier molecular flexibility index (Phi) is 9.94. The topological polar surface area (TPSA) is 78.0 Å². The molecule has 0 bridgehead atoms. The van der Waals surface area contributed by atoms with Crippen LogP contribution < -0.4 is 10.1 Å². The summed E-state index contributed by atoms with van der Waals surface area (Å²) in [5.74, 6) is 0.987. The van der Waals surface area contributed by atoms with Gasteiger partial charge in [-0.3, -0.25) is 9.78 Å². The molecule has 3 heterocycles. The van der Waals surface area contributed by atoms with Crippen molar-refractivity contribution in [2.24, 2.45) is 0 Å². The smallest absolute Gasteiger partial charge is 0.318 e. The molecular weight excluding hydrogens is 561 g/mol. The van der Waals surface area contributed by atoms with Crippen molar-refractivity contribution in [3.8, 4) is 5.75 Å². The number of urea groups is 1. The Morgan fingerprint density at radius 3 is 2.49 bits per heavy atom. The average molecular weight is 603 g/mol. The molecule has 3 fully saturated rings. The zero-order valence-electron chi connectivity index (χ0n) is 24.0. The summed E-state index contributed by atoms with van der Waals surface area (Å²) < 4.78 is 6.57. The highest BCUT2D eigenvalue weighted by atomic mass is 35.5. The van der Waals surface area contributed by atoms with Crippen molar-refractivity contribution in [3.63, 3.8) is 0 Å². The molecular formula is C31H41Cl2N5O3. The number of carbonyl (C=O) groups excluding carboxylic acids is 2. The third kappa shape index (κ3) is 7.27. The molecule has 3 amide bonds. The lowest BCUT2D eigenvalue weighted by molar-refractivity contribution is -0.134. The minimum atomic E-state index is -0.711. The maximum absolute atomic E-state index is 13.8. The molecule has 3 atom stereocenters. The van der Waals surface area contributed by atoms with Gasteiger partial charge in [-0.05, 0) is 88.9 Å². The summed E-state index contributed by atoms with van der Waals surface area (Å²) in [6.45, 7) is 2.61. The van der Waals surface area contributed by atoms with E-state index in [4.69, 9.17) is 32.9 Å². The quantitative estimate of drug-likeness (QED) is 0.440. The molecule has 0 unspecified atom stereocenters. The van der Waals surface area contributed by atoms with Gasteiger partial charge in [0.1, 0.15) is 17.9 Å². The zero-order valence-corrected chi connectivity index (χ0v) is 25.5. The standard InChI is InChI=1S/C31H41Cl2N5O3/c1-36(2)26-7-5-8-27(26)41-28-9-6-14-34-29(28)21-12-17-37(18-13-21)30(39)25(35-31(40)38-15-3-4-16-38)19-22-10-11-23(32)20-24(22)33/h6,9-11,14,20-21,25-27H,3-5,7-8,12-13,15-19H2,1-2H3,(H,35,40)/t25-,26-,27+/m1/s1. The van der Waals surface area contributed by atoms with Crippen LogP contribution in [0.5, 0.6) is 5.75 Å².